The minimum Gasteiger partial charge on any atom is -0.618 e. The molecule has 4 atom stereocenters. The van der Waals surface area contributed by atoms with E-state index in [0.29, 0.717) is 23.7 Å². The summed E-state index contributed by atoms with van der Waals surface area (Å²) in [7, 11) is 0. The molecule has 0 spiro atoms. The van der Waals surface area contributed by atoms with Gasteiger partial charge in [-0.3, -0.25) is 9.59 Å². The molecule has 0 radical (unpaired) electrons. The standard InChI is InChI=1S/C35H36N2O7S/c1-23(42-24(2)39)34(40)36-20-26-6-5-7-30(18-26)27-13-15-29(16-14-27)35-43-31(22-45-33-8-3-4-17-37(33)41)19-32(44-35)28-11-9-25(21-38)10-12-28/h3-18,23,31-32,35,38H,19-22H2,1-2H3,(H,36,40)/t23-,31-,32+,35+/m0/s1. The van der Waals surface area contributed by atoms with Crippen molar-refractivity contribution in [2.75, 3.05) is 5.75 Å². The largest absolute Gasteiger partial charge is 0.618 e. The third kappa shape index (κ3) is 8.70. The highest BCUT2D eigenvalue weighted by atomic mass is 32.2. The Kier molecular flexibility index (Phi) is 10.9. The van der Waals surface area contributed by atoms with Crippen molar-refractivity contribution in [3.63, 3.8) is 0 Å². The van der Waals surface area contributed by atoms with Gasteiger partial charge in [0.1, 0.15) is 0 Å². The molecule has 5 rings (SSSR count). The Morgan fingerprint density at radius 3 is 2.44 bits per heavy atom. The van der Waals surface area contributed by atoms with E-state index in [1.54, 1.807) is 12.1 Å². The molecule has 234 valence electrons. The summed E-state index contributed by atoms with van der Waals surface area (Å²) in [6, 6.07) is 28.9. The summed E-state index contributed by atoms with van der Waals surface area (Å²) in [6.07, 6.45) is 0.229. The van der Waals surface area contributed by atoms with Crippen LogP contribution in [-0.4, -0.2) is 34.9 Å². The average Bonchev–Trinajstić information content (AvgIpc) is 3.06. The number of hydrogen-bond acceptors (Lipinski definition) is 8. The van der Waals surface area contributed by atoms with Gasteiger partial charge in [0.15, 0.2) is 18.6 Å². The maximum absolute atomic E-state index is 12.2. The molecular formula is C35H36N2O7S. The molecule has 2 N–H and O–H groups in total. The lowest BCUT2D eigenvalue weighted by atomic mass is 9.99. The van der Waals surface area contributed by atoms with Crippen LogP contribution in [0.5, 0.6) is 0 Å². The molecule has 10 heteroatoms. The summed E-state index contributed by atoms with van der Waals surface area (Å²) in [6.45, 7) is 3.08. The van der Waals surface area contributed by atoms with Gasteiger partial charge in [-0.1, -0.05) is 78.5 Å². The van der Waals surface area contributed by atoms with Crippen molar-refractivity contribution in [2.24, 2.45) is 0 Å². The number of aliphatic hydroxyl groups is 1. The quantitative estimate of drug-likeness (QED) is 0.0983. The second-order valence-corrected chi connectivity index (χ2v) is 11.9. The van der Waals surface area contributed by atoms with Gasteiger partial charge in [0.2, 0.25) is 0 Å². The van der Waals surface area contributed by atoms with E-state index in [9.17, 15) is 19.9 Å². The van der Waals surface area contributed by atoms with E-state index in [1.807, 2.05) is 78.9 Å². The number of rotatable bonds is 11. The Morgan fingerprint density at radius 1 is 0.978 bits per heavy atom. The SMILES string of the molecule is CC(=O)O[C@@H](C)C(=O)NCc1cccc(-c2ccc([C@@H]3O[C@H](CSc4cccc[n+]4[O-])C[C@H](c4ccc(CO)cc4)O3)cc2)c1. The molecule has 1 aliphatic heterocycles. The van der Waals surface area contributed by atoms with Gasteiger partial charge in [-0.15, -0.1) is 0 Å². The highest BCUT2D eigenvalue weighted by molar-refractivity contribution is 7.99. The molecule has 4 aromatic rings. The zero-order valence-corrected chi connectivity index (χ0v) is 25.9. The Balaban J connectivity index is 1.29. The maximum atomic E-state index is 12.2. The number of carbonyl (C=O) groups excluding carboxylic acids is 2. The fourth-order valence-electron chi connectivity index (χ4n) is 5.05. The molecule has 45 heavy (non-hydrogen) atoms. The van der Waals surface area contributed by atoms with Gasteiger partial charge in [-0.25, -0.2) is 0 Å². The summed E-state index contributed by atoms with van der Waals surface area (Å²) in [5.41, 5.74) is 5.58. The van der Waals surface area contributed by atoms with Crippen molar-refractivity contribution in [3.8, 4) is 11.1 Å². The zero-order valence-electron chi connectivity index (χ0n) is 25.1. The number of esters is 1. The monoisotopic (exact) mass is 628 g/mol. The van der Waals surface area contributed by atoms with Crippen LogP contribution in [0.25, 0.3) is 11.1 Å². The van der Waals surface area contributed by atoms with Crippen LogP contribution < -0.4 is 10.0 Å². The Labute approximate surface area is 266 Å². The summed E-state index contributed by atoms with van der Waals surface area (Å²) < 4.78 is 18.7. The van der Waals surface area contributed by atoms with Gasteiger partial charge in [0.25, 0.3) is 10.9 Å². The van der Waals surface area contributed by atoms with E-state index in [4.69, 9.17) is 14.2 Å². The number of carbonyl (C=O) groups is 2. The second kappa shape index (κ2) is 15.2. The van der Waals surface area contributed by atoms with Gasteiger partial charge in [-0.05, 0) is 46.9 Å². The summed E-state index contributed by atoms with van der Waals surface area (Å²) in [5.74, 6) is -0.279. The first-order chi connectivity index (χ1) is 21.8. The Hall–Kier alpha value is -4.22. The molecular weight excluding hydrogens is 592 g/mol. The summed E-state index contributed by atoms with van der Waals surface area (Å²) in [5, 5.41) is 25.1. The first-order valence-corrected chi connectivity index (χ1v) is 15.7. The van der Waals surface area contributed by atoms with E-state index >= 15 is 0 Å². The number of aromatic nitrogens is 1. The fourth-order valence-corrected chi connectivity index (χ4v) is 5.99. The minimum absolute atomic E-state index is 0.0255. The molecule has 3 aromatic carbocycles. The predicted octanol–water partition coefficient (Wildman–Crippen LogP) is 5.38. The molecule has 1 aromatic heterocycles. The van der Waals surface area contributed by atoms with Crippen molar-refractivity contribution < 1.29 is 33.6 Å². The van der Waals surface area contributed by atoms with Crippen molar-refractivity contribution in [1.29, 1.82) is 0 Å². The summed E-state index contributed by atoms with van der Waals surface area (Å²) >= 11 is 1.45. The number of nitrogens with one attached hydrogen (secondary N) is 1. The number of ether oxygens (including phenoxy) is 3. The molecule has 0 unspecified atom stereocenters. The van der Waals surface area contributed by atoms with Crippen molar-refractivity contribution in [2.45, 2.75) is 63.0 Å². The van der Waals surface area contributed by atoms with Gasteiger partial charge in [0, 0.05) is 43.3 Å². The minimum atomic E-state index is -0.860. The Bertz CT molecular complexity index is 1600. The fraction of sp³-hybridized carbons (Fsp3) is 0.286. The number of benzene rings is 3. The van der Waals surface area contributed by atoms with Crippen LogP contribution in [0.4, 0.5) is 0 Å². The molecule has 1 saturated heterocycles. The van der Waals surface area contributed by atoms with E-state index in [-0.39, 0.29) is 24.7 Å². The van der Waals surface area contributed by atoms with Crippen LogP contribution in [0.2, 0.25) is 0 Å². The molecule has 0 saturated carbocycles. The number of hydrogen-bond donors (Lipinski definition) is 2. The lowest BCUT2D eigenvalue weighted by Crippen LogP contribution is -2.35. The van der Waals surface area contributed by atoms with Crippen molar-refractivity contribution >= 4 is 23.6 Å². The molecule has 0 bridgehead atoms. The number of nitrogens with zero attached hydrogens (tertiary/aromatic N) is 1. The van der Waals surface area contributed by atoms with Gasteiger partial charge in [0.05, 0.1) is 18.8 Å². The first kappa shape index (κ1) is 32.2. The van der Waals surface area contributed by atoms with Crippen LogP contribution >= 0.6 is 11.8 Å². The normalized spacial score (nSPS) is 18.6. The van der Waals surface area contributed by atoms with E-state index in [2.05, 4.69) is 5.32 Å². The molecule has 2 heterocycles. The van der Waals surface area contributed by atoms with Crippen LogP contribution in [0, 0.1) is 5.21 Å². The number of amides is 1. The predicted molar refractivity (Wildman–Crippen MR) is 170 cm³/mol. The van der Waals surface area contributed by atoms with Crippen molar-refractivity contribution in [3.05, 3.63) is 125 Å². The van der Waals surface area contributed by atoms with E-state index in [0.717, 1.165) is 38.1 Å². The van der Waals surface area contributed by atoms with Crippen LogP contribution in [0.3, 0.4) is 0 Å². The third-order valence-electron chi connectivity index (χ3n) is 7.44. The first-order valence-electron chi connectivity index (χ1n) is 14.7. The number of thioether (sulfide) groups is 1. The van der Waals surface area contributed by atoms with Crippen molar-refractivity contribution in [1.82, 2.24) is 5.32 Å². The highest BCUT2D eigenvalue weighted by Crippen LogP contribution is 2.39. The lowest BCUT2D eigenvalue weighted by molar-refractivity contribution is -0.645. The van der Waals surface area contributed by atoms with Gasteiger partial charge < -0.3 is 29.8 Å². The molecule has 1 fully saturated rings. The zero-order chi connectivity index (χ0) is 31.8. The van der Waals surface area contributed by atoms with Crippen LogP contribution in [0.15, 0.2) is 102 Å². The molecule has 9 nitrogen and oxygen atoms in total. The number of aliphatic hydroxyl groups excluding tert-OH is 1. The van der Waals surface area contributed by atoms with Gasteiger partial charge in [-0.2, -0.15) is 4.73 Å². The average molecular weight is 629 g/mol. The second-order valence-electron chi connectivity index (χ2n) is 10.8. The molecule has 0 aliphatic carbocycles. The van der Waals surface area contributed by atoms with Gasteiger partial charge >= 0.3 is 5.97 Å². The Morgan fingerprint density at radius 2 is 1.73 bits per heavy atom. The highest BCUT2D eigenvalue weighted by Gasteiger charge is 2.32. The lowest BCUT2D eigenvalue weighted by Gasteiger charge is -2.36. The number of pyridine rings is 1. The maximum Gasteiger partial charge on any atom is 0.303 e. The topological polar surface area (TPSA) is 121 Å². The van der Waals surface area contributed by atoms with E-state index < -0.39 is 18.4 Å². The van der Waals surface area contributed by atoms with E-state index in [1.165, 1.54) is 31.8 Å². The molecule has 1 amide bonds. The molecule has 1 aliphatic rings. The van der Waals surface area contributed by atoms with Crippen LogP contribution in [-0.2, 0) is 37.0 Å². The summed E-state index contributed by atoms with van der Waals surface area (Å²) in [4.78, 5) is 23.4. The van der Waals surface area contributed by atoms with Crippen LogP contribution in [0.1, 0.15) is 54.9 Å². The third-order valence-corrected chi connectivity index (χ3v) is 8.59. The smallest absolute Gasteiger partial charge is 0.303 e.